The second-order valence-electron chi connectivity index (χ2n) is 1.58. The number of thioether (sulfide) groups is 1. The molecule has 0 saturated carbocycles. The van der Waals surface area contributed by atoms with E-state index in [9.17, 15) is 0 Å². The Hall–Kier alpha value is 0.670. The first-order valence-corrected chi connectivity index (χ1v) is 3.98. The summed E-state index contributed by atoms with van der Waals surface area (Å²) < 4.78 is 0.654. The van der Waals surface area contributed by atoms with Crippen molar-refractivity contribution in [3.8, 4) is 0 Å². The lowest BCUT2D eigenvalue weighted by Gasteiger charge is -1.98. The molecule has 8 heavy (non-hydrogen) atoms. The fourth-order valence-electron chi connectivity index (χ4n) is 0.251. The predicted molar refractivity (Wildman–Crippen MR) is 42.5 cm³/mol. The summed E-state index contributed by atoms with van der Waals surface area (Å²) in [6.07, 6.45) is 0. The standard InChI is InChI=1S/C5H8Cl2S/c1-4(2)8-5(7)3-6/h3-4H,1-2H3/b5-3+. The molecule has 0 atom stereocenters. The highest BCUT2D eigenvalue weighted by Crippen LogP contribution is 2.24. The van der Waals surface area contributed by atoms with E-state index in [0.717, 1.165) is 0 Å². The molecule has 0 aromatic heterocycles. The summed E-state index contributed by atoms with van der Waals surface area (Å²) in [6, 6.07) is 0. The Morgan fingerprint density at radius 1 is 1.62 bits per heavy atom. The monoisotopic (exact) mass is 170 g/mol. The minimum atomic E-state index is 0.512. The second kappa shape index (κ2) is 4.54. The van der Waals surface area contributed by atoms with Crippen molar-refractivity contribution in [1.82, 2.24) is 0 Å². The van der Waals surface area contributed by atoms with Crippen LogP contribution in [0.5, 0.6) is 0 Å². The molecule has 0 radical (unpaired) electrons. The molecule has 3 heteroatoms. The summed E-state index contributed by atoms with van der Waals surface area (Å²) in [4.78, 5) is 0. The van der Waals surface area contributed by atoms with Crippen molar-refractivity contribution in [3.05, 3.63) is 9.90 Å². The smallest absolute Gasteiger partial charge is 0.0850 e. The molecular formula is C5H8Cl2S. The van der Waals surface area contributed by atoms with Gasteiger partial charge < -0.3 is 0 Å². The molecule has 0 nitrogen and oxygen atoms in total. The summed E-state index contributed by atoms with van der Waals surface area (Å²) in [5, 5.41) is 0.512. The van der Waals surface area contributed by atoms with Crippen LogP contribution in [0.1, 0.15) is 13.8 Å². The maximum atomic E-state index is 5.55. The normalized spacial score (nSPS) is 12.9. The van der Waals surface area contributed by atoms with E-state index < -0.39 is 0 Å². The molecule has 0 aliphatic carbocycles. The van der Waals surface area contributed by atoms with Gasteiger partial charge in [-0.15, -0.1) is 11.8 Å². The fourth-order valence-corrected chi connectivity index (χ4v) is 1.44. The second-order valence-corrected chi connectivity index (χ2v) is 4.05. The Kier molecular flexibility index (Phi) is 4.92. The van der Waals surface area contributed by atoms with Gasteiger partial charge in [0, 0.05) is 10.8 Å². The topological polar surface area (TPSA) is 0 Å². The van der Waals surface area contributed by atoms with Crippen molar-refractivity contribution in [2.45, 2.75) is 19.1 Å². The first-order chi connectivity index (χ1) is 3.66. The zero-order chi connectivity index (χ0) is 6.57. The highest BCUT2D eigenvalue weighted by molar-refractivity contribution is 8.05. The van der Waals surface area contributed by atoms with Gasteiger partial charge in [-0.1, -0.05) is 37.0 Å². The number of halogens is 2. The van der Waals surface area contributed by atoms with Crippen molar-refractivity contribution in [3.63, 3.8) is 0 Å². The molecule has 0 heterocycles. The van der Waals surface area contributed by atoms with Crippen LogP contribution < -0.4 is 0 Å². The molecule has 0 saturated heterocycles. The van der Waals surface area contributed by atoms with E-state index in [1.54, 1.807) is 11.8 Å². The molecule has 0 aliphatic rings. The van der Waals surface area contributed by atoms with Gasteiger partial charge in [0.1, 0.15) is 0 Å². The molecule has 0 fully saturated rings. The van der Waals surface area contributed by atoms with Gasteiger partial charge in [0.2, 0.25) is 0 Å². The van der Waals surface area contributed by atoms with E-state index in [2.05, 4.69) is 13.8 Å². The van der Waals surface area contributed by atoms with Gasteiger partial charge in [-0.25, -0.2) is 0 Å². The maximum absolute atomic E-state index is 5.55. The van der Waals surface area contributed by atoms with Crippen LogP contribution in [0.2, 0.25) is 0 Å². The lowest BCUT2D eigenvalue weighted by Crippen LogP contribution is -1.82. The zero-order valence-corrected chi connectivity index (χ0v) is 7.15. The van der Waals surface area contributed by atoms with Gasteiger partial charge in [-0.2, -0.15) is 0 Å². The molecule has 0 rings (SSSR count). The molecule has 0 bridgehead atoms. The summed E-state index contributed by atoms with van der Waals surface area (Å²) >= 11 is 12.4. The Bertz CT molecular complexity index is 88.4. The number of hydrogen-bond donors (Lipinski definition) is 0. The molecular weight excluding hydrogens is 163 g/mol. The van der Waals surface area contributed by atoms with Gasteiger partial charge in [-0.05, 0) is 0 Å². The van der Waals surface area contributed by atoms with Crippen molar-refractivity contribution in [2.24, 2.45) is 0 Å². The minimum absolute atomic E-state index is 0.512. The lowest BCUT2D eigenvalue weighted by atomic mass is 10.6. The summed E-state index contributed by atoms with van der Waals surface area (Å²) in [7, 11) is 0. The van der Waals surface area contributed by atoms with Crippen molar-refractivity contribution in [2.75, 3.05) is 0 Å². The average molecular weight is 171 g/mol. The Morgan fingerprint density at radius 2 is 2.12 bits per heavy atom. The van der Waals surface area contributed by atoms with Crippen LogP contribution >= 0.6 is 35.0 Å². The van der Waals surface area contributed by atoms with Crippen LogP contribution in [0, 0.1) is 0 Å². The van der Waals surface area contributed by atoms with E-state index in [4.69, 9.17) is 23.2 Å². The SMILES string of the molecule is CC(C)S/C(Cl)=C/Cl. The Labute approximate surface area is 64.2 Å². The molecule has 0 amide bonds. The third-order valence-corrected chi connectivity index (χ3v) is 2.08. The Balaban J connectivity index is 3.39. The van der Waals surface area contributed by atoms with E-state index in [-0.39, 0.29) is 0 Å². The maximum Gasteiger partial charge on any atom is 0.0850 e. The van der Waals surface area contributed by atoms with Crippen molar-refractivity contribution < 1.29 is 0 Å². The molecule has 0 aromatic rings. The molecule has 0 unspecified atom stereocenters. The van der Waals surface area contributed by atoms with Crippen molar-refractivity contribution >= 4 is 35.0 Å². The minimum Gasteiger partial charge on any atom is -0.110 e. The quantitative estimate of drug-likeness (QED) is 0.613. The highest BCUT2D eigenvalue weighted by atomic mass is 35.5. The Morgan fingerprint density at radius 3 is 2.25 bits per heavy atom. The number of rotatable bonds is 2. The van der Waals surface area contributed by atoms with Crippen LogP contribution in [0.3, 0.4) is 0 Å². The zero-order valence-electron chi connectivity index (χ0n) is 4.82. The van der Waals surface area contributed by atoms with Crippen LogP contribution in [0.25, 0.3) is 0 Å². The van der Waals surface area contributed by atoms with Gasteiger partial charge in [0.25, 0.3) is 0 Å². The van der Waals surface area contributed by atoms with E-state index in [1.165, 1.54) is 5.54 Å². The van der Waals surface area contributed by atoms with Gasteiger partial charge >= 0.3 is 0 Å². The van der Waals surface area contributed by atoms with Gasteiger partial charge in [-0.3, -0.25) is 0 Å². The van der Waals surface area contributed by atoms with Gasteiger partial charge in [0.15, 0.2) is 0 Å². The molecule has 0 N–H and O–H groups in total. The summed E-state index contributed by atoms with van der Waals surface area (Å²) in [5.74, 6) is 0. The van der Waals surface area contributed by atoms with E-state index in [1.807, 2.05) is 0 Å². The first kappa shape index (κ1) is 8.67. The van der Waals surface area contributed by atoms with E-state index >= 15 is 0 Å². The third-order valence-electron chi connectivity index (χ3n) is 0.434. The van der Waals surface area contributed by atoms with Crippen LogP contribution in [0.4, 0.5) is 0 Å². The summed E-state index contributed by atoms with van der Waals surface area (Å²) in [5.41, 5.74) is 1.38. The average Bonchev–Trinajstić information content (AvgIpc) is 1.65. The largest absolute Gasteiger partial charge is 0.110 e. The van der Waals surface area contributed by atoms with Crippen LogP contribution in [0.15, 0.2) is 9.90 Å². The third kappa shape index (κ3) is 4.82. The van der Waals surface area contributed by atoms with Gasteiger partial charge in [0.05, 0.1) is 4.36 Å². The van der Waals surface area contributed by atoms with Crippen molar-refractivity contribution in [1.29, 1.82) is 0 Å². The predicted octanol–water partition coefficient (Wildman–Crippen LogP) is 3.40. The highest BCUT2D eigenvalue weighted by Gasteiger charge is 1.95. The molecule has 48 valence electrons. The molecule has 0 aliphatic heterocycles. The van der Waals surface area contributed by atoms with Crippen LogP contribution in [-0.2, 0) is 0 Å². The molecule has 0 spiro atoms. The molecule has 0 aromatic carbocycles. The number of hydrogen-bond acceptors (Lipinski definition) is 1. The van der Waals surface area contributed by atoms with E-state index in [0.29, 0.717) is 9.61 Å². The summed E-state index contributed by atoms with van der Waals surface area (Å²) in [6.45, 7) is 4.13. The fraction of sp³-hybridized carbons (Fsp3) is 0.600. The lowest BCUT2D eigenvalue weighted by molar-refractivity contribution is 1.12. The first-order valence-electron chi connectivity index (χ1n) is 2.29. The van der Waals surface area contributed by atoms with Crippen LogP contribution in [-0.4, -0.2) is 5.25 Å².